The fourth-order valence-corrected chi connectivity index (χ4v) is 2.89. The summed E-state index contributed by atoms with van der Waals surface area (Å²) in [6.45, 7) is 0. The highest BCUT2D eigenvalue weighted by molar-refractivity contribution is 6.03. The second-order valence-electron chi connectivity index (χ2n) is 5.75. The number of hydrogen-bond acceptors (Lipinski definition) is 4. The molecule has 5 heteroatoms. The molecule has 1 aromatic heterocycles. The van der Waals surface area contributed by atoms with Gasteiger partial charge in [0.2, 0.25) is 0 Å². The number of benzene rings is 3. The Hall–Kier alpha value is -3.60. The number of methoxy groups -OCH3 is 1. The standard InChI is InChI=1S/C21H16N2O3/c1-25-19-11-10-15(16-7-3-4-8-17(16)19)13-22-23-21(24)20-12-14-6-2-5-9-18(14)26-20/h2-13H,1H3,(H,23,24)/b22-13+. The van der Waals surface area contributed by atoms with Crippen LogP contribution in [0.2, 0.25) is 0 Å². The van der Waals surface area contributed by atoms with Gasteiger partial charge in [0.1, 0.15) is 11.3 Å². The number of amides is 1. The van der Waals surface area contributed by atoms with Crippen molar-refractivity contribution in [1.82, 2.24) is 5.43 Å². The molecule has 1 amide bonds. The minimum atomic E-state index is -0.393. The van der Waals surface area contributed by atoms with Gasteiger partial charge in [0, 0.05) is 16.3 Å². The van der Waals surface area contributed by atoms with E-state index in [0.717, 1.165) is 27.5 Å². The first-order valence-corrected chi connectivity index (χ1v) is 8.14. The first-order chi connectivity index (χ1) is 12.8. The Kier molecular flexibility index (Phi) is 4.11. The molecule has 26 heavy (non-hydrogen) atoms. The summed E-state index contributed by atoms with van der Waals surface area (Å²) in [7, 11) is 1.64. The van der Waals surface area contributed by atoms with Gasteiger partial charge in [-0.2, -0.15) is 5.10 Å². The van der Waals surface area contributed by atoms with Crippen molar-refractivity contribution < 1.29 is 13.9 Å². The monoisotopic (exact) mass is 344 g/mol. The molecule has 1 heterocycles. The molecule has 4 rings (SSSR count). The van der Waals surface area contributed by atoms with E-state index in [2.05, 4.69) is 10.5 Å². The van der Waals surface area contributed by atoms with Crippen molar-refractivity contribution in [2.75, 3.05) is 7.11 Å². The average molecular weight is 344 g/mol. The Morgan fingerprint density at radius 2 is 1.81 bits per heavy atom. The SMILES string of the molecule is COc1ccc(/C=N/NC(=O)c2cc3ccccc3o2)c2ccccc12. The second kappa shape index (κ2) is 6.72. The van der Waals surface area contributed by atoms with Crippen LogP contribution in [-0.4, -0.2) is 19.2 Å². The molecule has 3 aromatic carbocycles. The van der Waals surface area contributed by atoms with E-state index in [9.17, 15) is 4.79 Å². The maximum atomic E-state index is 12.2. The average Bonchev–Trinajstić information content (AvgIpc) is 3.12. The Morgan fingerprint density at radius 3 is 2.62 bits per heavy atom. The van der Waals surface area contributed by atoms with Crippen molar-refractivity contribution in [3.05, 3.63) is 78.1 Å². The van der Waals surface area contributed by atoms with E-state index in [4.69, 9.17) is 9.15 Å². The van der Waals surface area contributed by atoms with Gasteiger partial charge in [0.15, 0.2) is 5.76 Å². The van der Waals surface area contributed by atoms with Crippen molar-refractivity contribution in [3.63, 3.8) is 0 Å². The van der Waals surface area contributed by atoms with Crippen LogP contribution in [0.1, 0.15) is 16.1 Å². The predicted octanol–water partition coefficient (Wildman–Crippen LogP) is 4.36. The van der Waals surface area contributed by atoms with Gasteiger partial charge in [-0.15, -0.1) is 0 Å². The van der Waals surface area contributed by atoms with Gasteiger partial charge in [-0.3, -0.25) is 4.79 Å². The number of rotatable bonds is 4. The molecular formula is C21H16N2O3. The number of nitrogens with zero attached hydrogens (tertiary/aromatic N) is 1. The van der Waals surface area contributed by atoms with Crippen molar-refractivity contribution in [2.45, 2.75) is 0 Å². The number of carbonyl (C=O) groups excluding carboxylic acids is 1. The van der Waals surface area contributed by atoms with Gasteiger partial charge < -0.3 is 9.15 Å². The predicted molar refractivity (Wildman–Crippen MR) is 102 cm³/mol. The zero-order chi connectivity index (χ0) is 17.9. The third-order valence-electron chi connectivity index (χ3n) is 4.16. The number of furan rings is 1. The maximum absolute atomic E-state index is 12.2. The third-order valence-corrected chi connectivity index (χ3v) is 4.16. The van der Waals surface area contributed by atoms with Crippen molar-refractivity contribution in [1.29, 1.82) is 0 Å². The van der Waals surface area contributed by atoms with Gasteiger partial charge in [0.05, 0.1) is 13.3 Å². The summed E-state index contributed by atoms with van der Waals surface area (Å²) in [4.78, 5) is 12.2. The molecule has 1 N–H and O–H groups in total. The maximum Gasteiger partial charge on any atom is 0.307 e. The molecular weight excluding hydrogens is 328 g/mol. The fourth-order valence-electron chi connectivity index (χ4n) is 2.89. The fraction of sp³-hybridized carbons (Fsp3) is 0.0476. The lowest BCUT2D eigenvalue weighted by molar-refractivity contribution is 0.0929. The topological polar surface area (TPSA) is 63.8 Å². The van der Waals surface area contributed by atoms with Crippen LogP contribution in [0, 0.1) is 0 Å². The molecule has 0 aliphatic rings. The van der Waals surface area contributed by atoms with Crippen LogP contribution in [-0.2, 0) is 0 Å². The van der Waals surface area contributed by atoms with Crippen LogP contribution in [0.3, 0.4) is 0 Å². The van der Waals surface area contributed by atoms with Crippen molar-refractivity contribution in [2.24, 2.45) is 5.10 Å². The Balaban J connectivity index is 1.57. The van der Waals surface area contributed by atoms with Crippen LogP contribution in [0.15, 0.2) is 76.2 Å². The number of carbonyl (C=O) groups is 1. The van der Waals surface area contributed by atoms with Crippen molar-refractivity contribution in [3.8, 4) is 5.75 Å². The summed E-state index contributed by atoms with van der Waals surface area (Å²) in [6.07, 6.45) is 1.61. The van der Waals surface area contributed by atoms with Crippen LogP contribution >= 0.6 is 0 Å². The summed E-state index contributed by atoms with van der Waals surface area (Å²) in [6, 6.07) is 20.8. The molecule has 0 fully saturated rings. The Bertz CT molecular complexity index is 1100. The largest absolute Gasteiger partial charge is 0.496 e. The van der Waals surface area contributed by atoms with Gasteiger partial charge in [0.25, 0.3) is 0 Å². The molecule has 128 valence electrons. The number of fused-ring (bicyclic) bond motifs is 2. The van der Waals surface area contributed by atoms with E-state index >= 15 is 0 Å². The molecule has 4 aromatic rings. The second-order valence-corrected chi connectivity index (χ2v) is 5.75. The van der Waals surface area contributed by atoms with E-state index in [1.165, 1.54) is 0 Å². The highest BCUT2D eigenvalue weighted by Gasteiger charge is 2.11. The summed E-state index contributed by atoms with van der Waals surface area (Å²) < 4.78 is 10.9. The van der Waals surface area contributed by atoms with E-state index in [-0.39, 0.29) is 5.76 Å². The lowest BCUT2D eigenvalue weighted by atomic mass is 10.0. The minimum absolute atomic E-state index is 0.225. The van der Waals surface area contributed by atoms with E-state index in [0.29, 0.717) is 5.58 Å². The zero-order valence-electron chi connectivity index (χ0n) is 14.1. The quantitative estimate of drug-likeness (QED) is 0.442. The lowest BCUT2D eigenvalue weighted by Crippen LogP contribution is -2.16. The van der Waals surface area contributed by atoms with Gasteiger partial charge >= 0.3 is 5.91 Å². The molecule has 5 nitrogen and oxygen atoms in total. The summed E-state index contributed by atoms with van der Waals surface area (Å²) in [5.74, 6) is 0.627. The molecule has 0 spiro atoms. The summed E-state index contributed by atoms with van der Waals surface area (Å²) >= 11 is 0. The molecule has 0 saturated carbocycles. The van der Waals surface area contributed by atoms with Crippen LogP contribution < -0.4 is 10.2 Å². The minimum Gasteiger partial charge on any atom is -0.496 e. The molecule has 0 atom stereocenters. The Morgan fingerprint density at radius 1 is 1.04 bits per heavy atom. The molecule has 0 radical (unpaired) electrons. The lowest BCUT2D eigenvalue weighted by Gasteiger charge is -2.07. The molecule has 0 bridgehead atoms. The highest BCUT2D eigenvalue weighted by Crippen LogP contribution is 2.27. The highest BCUT2D eigenvalue weighted by atomic mass is 16.5. The number of hydrogen-bond donors (Lipinski definition) is 1. The molecule has 0 saturated heterocycles. The van der Waals surface area contributed by atoms with Crippen LogP contribution in [0.4, 0.5) is 0 Å². The number of nitrogens with one attached hydrogen (secondary N) is 1. The summed E-state index contributed by atoms with van der Waals surface area (Å²) in [5.41, 5.74) is 4.06. The van der Waals surface area contributed by atoms with Crippen molar-refractivity contribution >= 4 is 33.9 Å². The normalized spacial score (nSPS) is 11.3. The van der Waals surface area contributed by atoms with Crippen LogP contribution in [0.25, 0.3) is 21.7 Å². The molecule has 0 unspecified atom stereocenters. The first-order valence-electron chi connectivity index (χ1n) is 8.14. The smallest absolute Gasteiger partial charge is 0.307 e. The van der Waals surface area contributed by atoms with Crippen LogP contribution in [0.5, 0.6) is 5.75 Å². The zero-order valence-corrected chi connectivity index (χ0v) is 14.1. The van der Waals surface area contributed by atoms with E-state index < -0.39 is 5.91 Å². The first kappa shape index (κ1) is 15.9. The molecule has 0 aliphatic heterocycles. The van der Waals surface area contributed by atoms with E-state index in [1.54, 1.807) is 19.4 Å². The number of ether oxygens (including phenoxy) is 1. The van der Waals surface area contributed by atoms with E-state index in [1.807, 2.05) is 60.7 Å². The van der Waals surface area contributed by atoms with Gasteiger partial charge in [-0.25, -0.2) is 5.43 Å². The summed E-state index contributed by atoms with van der Waals surface area (Å²) in [5, 5.41) is 6.93. The Labute approximate surface area is 149 Å². The third kappa shape index (κ3) is 2.91. The van der Waals surface area contributed by atoms with Gasteiger partial charge in [-0.1, -0.05) is 42.5 Å². The number of para-hydroxylation sites is 1. The number of hydrazone groups is 1. The molecule has 0 aliphatic carbocycles. The van der Waals surface area contributed by atoms with Gasteiger partial charge in [-0.05, 0) is 29.7 Å².